The fraction of sp³-hybridized carbons (Fsp3) is 0.146. The molecule has 0 bridgehead atoms. The number of hydrogen-bond donors (Lipinski definition) is 0. The highest BCUT2D eigenvalue weighted by Crippen LogP contribution is 2.47. The van der Waals surface area contributed by atoms with Crippen molar-refractivity contribution in [3.63, 3.8) is 0 Å². The Balaban J connectivity index is 1.70. The molecule has 0 amide bonds. The van der Waals surface area contributed by atoms with Gasteiger partial charge in [0.25, 0.3) is 0 Å². The number of rotatable bonds is 9. The third-order valence-electron chi connectivity index (χ3n) is 8.50. The van der Waals surface area contributed by atoms with Crippen molar-refractivity contribution < 1.29 is 18.2 Å². The molecule has 6 rings (SSSR count). The van der Waals surface area contributed by atoms with E-state index in [1.807, 2.05) is 125 Å². The number of carbonyl (C=O) groups excluding carboxylic acids is 1. The fourth-order valence-electron chi connectivity index (χ4n) is 5.88. The van der Waals surface area contributed by atoms with Crippen LogP contribution >= 0.6 is 15.9 Å². The summed E-state index contributed by atoms with van der Waals surface area (Å²) in [6, 6.07) is 30.9. The largest absolute Gasteiger partial charge is 0.679 e. The van der Waals surface area contributed by atoms with Gasteiger partial charge in [-0.3, -0.25) is 8.63 Å². The first-order chi connectivity index (χ1) is 24.0. The molecule has 1 aromatic heterocycles. The Hall–Kier alpha value is -5.15. The number of hydrogen-bond acceptors (Lipinski definition) is 3. The normalized spacial score (nSPS) is 13.8. The number of benzene rings is 4. The van der Waals surface area contributed by atoms with E-state index in [9.17, 15) is 4.79 Å². The summed E-state index contributed by atoms with van der Waals surface area (Å²) in [6.45, 7) is 9.89. The number of allylic oxidation sites excluding steroid dienone is 2. The number of carbonyl (C=O) groups is 1. The summed E-state index contributed by atoms with van der Waals surface area (Å²) < 4.78 is 37.6. The molecule has 5 aromatic rings. The van der Waals surface area contributed by atoms with E-state index in [2.05, 4.69) is 15.9 Å². The molecule has 4 aromatic carbocycles. The van der Waals surface area contributed by atoms with Gasteiger partial charge in [0.2, 0.25) is 0 Å². The molecule has 1 aliphatic rings. The Morgan fingerprint density at radius 3 is 1.76 bits per heavy atom. The van der Waals surface area contributed by atoms with Crippen LogP contribution < -0.4 is 0 Å². The summed E-state index contributed by atoms with van der Waals surface area (Å²) in [6.07, 6.45) is 3.04. The Kier molecular flexibility index (Phi) is 10.2. The molecule has 0 unspecified atom stereocenters. The van der Waals surface area contributed by atoms with E-state index in [1.54, 1.807) is 13.0 Å². The molecule has 0 saturated heterocycles. The summed E-state index contributed by atoms with van der Waals surface area (Å²) in [5.41, 5.74) is 9.67. The van der Waals surface area contributed by atoms with Crippen molar-refractivity contribution in [1.29, 1.82) is 0 Å². The monoisotopic (exact) mass is 729 g/mol. The topological polar surface area (TPSA) is 55.9 Å². The van der Waals surface area contributed by atoms with Gasteiger partial charge in [-0.05, 0) is 73.3 Å². The van der Waals surface area contributed by atoms with Crippen LogP contribution in [0.25, 0.3) is 28.0 Å². The summed E-state index contributed by atoms with van der Waals surface area (Å²) >= 11 is 3.74. The average Bonchev–Trinajstić information content (AvgIpc) is 3.60. The van der Waals surface area contributed by atoms with Crippen molar-refractivity contribution in [1.82, 2.24) is 4.48 Å². The van der Waals surface area contributed by atoms with Gasteiger partial charge < -0.3 is 9.21 Å². The number of aryl methyl sites for hydroxylation is 4. The number of aromatic nitrogens is 1. The van der Waals surface area contributed by atoms with Gasteiger partial charge in [0.15, 0.2) is 5.84 Å². The molecule has 0 saturated carbocycles. The van der Waals surface area contributed by atoms with Crippen LogP contribution in [0.2, 0.25) is 0 Å². The molecule has 2 heterocycles. The van der Waals surface area contributed by atoms with Crippen molar-refractivity contribution in [3.8, 4) is 22.4 Å². The van der Waals surface area contributed by atoms with Crippen molar-refractivity contribution in [2.75, 3.05) is 6.61 Å². The molecule has 0 N–H and O–H groups in total. The fourth-order valence-corrected chi connectivity index (χ4v) is 6.71. The molecule has 1 aliphatic heterocycles. The molecule has 250 valence electrons. The molecule has 0 atom stereocenters. The molecule has 0 aliphatic carbocycles. The van der Waals surface area contributed by atoms with Crippen molar-refractivity contribution in [2.24, 2.45) is 9.98 Å². The van der Waals surface area contributed by atoms with Gasteiger partial charge in [0.1, 0.15) is 5.82 Å². The van der Waals surface area contributed by atoms with Crippen LogP contribution in [-0.4, -0.2) is 36.0 Å². The van der Waals surface area contributed by atoms with Crippen LogP contribution in [0, 0.1) is 27.7 Å². The maximum atomic E-state index is 15.5. The van der Waals surface area contributed by atoms with E-state index in [4.69, 9.17) is 14.7 Å². The maximum absolute atomic E-state index is 15.5. The van der Waals surface area contributed by atoms with Crippen LogP contribution in [0.3, 0.4) is 0 Å². The summed E-state index contributed by atoms with van der Waals surface area (Å²) in [4.78, 5) is 22.7. The van der Waals surface area contributed by atoms with Crippen molar-refractivity contribution in [3.05, 3.63) is 153 Å². The van der Waals surface area contributed by atoms with Crippen LogP contribution in [-0.2, 0) is 9.53 Å². The highest BCUT2D eigenvalue weighted by molar-refractivity contribution is 9.10. The lowest BCUT2D eigenvalue weighted by molar-refractivity contribution is -0.137. The lowest BCUT2D eigenvalue weighted by atomic mass is 9.94. The second kappa shape index (κ2) is 14.8. The highest BCUT2D eigenvalue weighted by atomic mass is 79.9. The third kappa shape index (κ3) is 7.10. The maximum Gasteiger partial charge on any atom is 0.679 e. The zero-order chi connectivity index (χ0) is 35.5. The third-order valence-corrected chi connectivity index (χ3v) is 9.27. The number of esters is 1. The molecular weight excluding hydrogens is 695 g/mol. The number of aliphatic imine (C=N–C) groups is 2. The molecule has 9 heteroatoms. The van der Waals surface area contributed by atoms with Gasteiger partial charge in [-0.2, -0.15) is 0 Å². The van der Waals surface area contributed by atoms with Gasteiger partial charge in [-0.15, -0.1) is 0 Å². The minimum absolute atomic E-state index is 0.0496. The Morgan fingerprint density at radius 1 is 0.780 bits per heavy atom. The summed E-state index contributed by atoms with van der Waals surface area (Å²) in [5, 5.41) is 0. The molecule has 50 heavy (non-hydrogen) atoms. The molecule has 0 fully saturated rings. The zero-order valence-electron chi connectivity index (χ0n) is 28.5. The average molecular weight is 730 g/mol. The molecule has 0 radical (unpaired) electrons. The van der Waals surface area contributed by atoms with Gasteiger partial charge in [-0.25, -0.2) is 14.8 Å². The lowest BCUT2D eigenvalue weighted by Gasteiger charge is -2.11. The molecule has 5 nitrogen and oxygen atoms in total. The minimum Gasteiger partial charge on any atom is -0.463 e. The Labute approximate surface area is 300 Å². The number of halogens is 3. The second-order valence-corrected chi connectivity index (χ2v) is 13.0. The Morgan fingerprint density at radius 2 is 1.26 bits per heavy atom. The second-order valence-electron chi connectivity index (χ2n) is 12.2. The van der Waals surface area contributed by atoms with Gasteiger partial charge in [-0.1, -0.05) is 119 Å². The minimum atomic E-state index is -2.93. The summed E-state index contributed by atoms with van der Waals surface area (Å²) in [5.74, 6) is -0.214. The smallest absolute Gasteiger partial charge is 0.463 e. The van der Waals surface area contributed by atoms with Crippen LogP contribution in [0.15, 0.2) is 129 Å². The molecular formula is C41H35BBrF2N3O2. The summed E-state index contributed by atoms with van der Waals surface area (Å²) in [7, 11) is -2.93. The van der Waals surface area contributed by atoms with E-state index in [0.29, 0.717) is 38.2 Å². The lowest BCUT2D eigenvalue weighted by Crippen LogP contribution is -2.14. The van der Waals surface area contributed by atoms with E-state index >= 15 is 8.63 Å². The SMILES string of the molecule is CCOC(=O)/C=C/C1=C(c2ccc(C)cc2)C(=N/c2c(-c3ccc(C)cc3)c(Br)c(-c3ccc(C)cc3)n2B(F)F)/N=C1c1ccc(C)cc1. The van der Waals surface area contributed by atoms with Gasteiger partial charge >= 0.3 is 13.4 Å². The standard InChI is InChI=1S/C41H35BBrF2N3O2/c1-6-50-34(49)24-23-33-35(29-15-7-25(2)8-16-29)40(46-38(33)31-19-11-27(4)12-20-31)47-41-36(30-17-9-26(3)10-18-30)37(43)39(48(41)42(44)45)32-21-13-28(5)14-22-32/h7-24H,6H2,1-5H3/b24-23+,47-40-. The predicted molar refractivity (Wildman–Crippen MR) is 205 cm³/mol. The van der Waals surface area contributed by atoms with E-state index in [1.165, 1.54) is 6.08 Å². The van der Waals surface area contributed by atoms with E-state index < -0.39 is 13.4 Å². The number of nitrogens with zero attached hydrogens (tertiary/aromatic N) is 3. The van der Waals surface area contributed by atoms with Crippen LogP contribution in [0.5, 0.6) is 0 Å². The van der Waals surface area contributed by atoms with Crippen LogP contribution in [0.1, 0.15) is 40.3 Å². The zero-order valence-corrected chi connectivity index (χ0v) is 30.1. The van der Waals surface area contributed by atoms with Crippen molar-refractivity contribution >= 4 is 52.2 Å². The van der Waals surface area contributed by atoms with Crippen LogP contribution in [0.4, 0.5) is 14.4 Å². The first-order valence-corrected chi connectivity index (χ1v) is 17.1. The molecule has 0 spiro atoms. The quantitative estimate of drug-likeness (QED) is 0.0861. The van der Waals surface area contributed by atoms with E-state index in [0.717, 1.165) is 43.4 Å². The van der Waals surface area contributed by atoms with Gasteiger partial charge in [0.05, 0.1) is 22.5 Å². The Bertz CT molecular complexity index is 2180. The van der Waals surface area contributed by atoms with Crippen molar-refractivity contribution in [2.45, 2.75) is 34.6 Å². The first kappa shape index (κ1) is 34.7. The first-order valence-electron chi connectivity index (χ1n) is 16.3. The highest BCUT2D eigenvalue weighted by Gasteiger charge is 2.34. The van der Waals surface area contributed by atoms with E-state index in [-0.39, 0.29) is 18.3 Å². The van der Waals surface area contributed by atoms with Gasteiger partial charge in [0, 0.05) is 28.3 Å². The number of amidine groups is 1. The predicted octanol–water partition coefficient (Wildman–Crippen LogP) is 10.7. The number of ether oxygens (including phenoxy) is 1.